The zero-order valence-electron chi connectivity index (χ0n) is 22.7. The number of nitrogens with zero attached hydrogens (tertiary/aromatic N) is 2. The number of piperidine rings is 1. The normalized spacial score (nSPS) is 22.8. The summed E-state index contributed by atoms with van der Waals surface area (Å²) in [6.45, 7) is 4.12. The minimum Gasteiger partial charge on any atom is -0.493 e. The smallest absolute Gasteiger partial charge is 0.328 e. The molecular weight excluding hydrogens is 561 g/mol. The number of likely N-dealkylation sites (tertiary alicyclic amines) is 2. The molecule has 0 N–H and O–H groups in total. The average Bonchev–Trinajstić information content (AvgIpc) is 3.70. The molecule has 5 rings (SSSR count). The fourth-order valence-corrected chi connectivity index (χ4v) is 6.38. The third kappa shape index (κ3) is 6.39. The summed E-state index contributed by atoms with van der Waals surface area (Å²) in [5, 5.41) is 1.25. The fourth-order valence-electron chi connectivity index (χ4n) is 5.84. The van der Waals surface area contributed by atoms with Crippen LogP contribution in [0.3, 0.4) is 0 Å². The van der Waals surface area contributed by atoms with Crippen LogP contribution in [0.2, 0.25) is 10.0 Å². The second kappa shape index (κ2) is 12.2. The Bertz CT molecular complexity index is 1250. The Labute approximate surface area is 243 Å². The summed E-state index contributed by atoms with van der Waals surface area (Å²) < 4.78 is 40.3. The van der Waals surface area contributed by atoms with Crippen molar-refractivity contribution in [3.8, 4) is 5.75 Å². The first-order chi connectivity index (χ1) is 19.1. The topological polar surface area (TPSA) is 59.1 Å². The van der Waals surface area contributed by atoms with Crippen LogP contribution in [-0.4, -0.2) is 67.2 Å². The van der Waals surface area contributed by atoms with Crippen LogP contribution in [-0.2, 0) is 9.53 Å². The van der Waals surface area contributed by atoms with Crippen LogP contribution < -0.4 is 4.74 Å². The predicted octanol–water partition coefficient (Wildman–Crippen LogP) is 6.59. The predicted molar refractivity (Wildman–Crippen MR) is 149 cm³/mol. The first-order valence-corrected chi connectivity index (χ1v) is 14.6. The van der Waals surface area contributed by atoms with Crippen molar-refractivity contribution in [2.24, 2.45) is 5.92 Å². The van der Waals surface area contributed by atoms with Crippen molar-refractivity contribution >= 4 is 35.1 Å². The number of carbonyl (C=O) groups excluding carboxylic acids is 2. The maximum absolute atomic E-state index is 15.3. The zero-order valence-corrected chi connectivity index (χ0v) is 24.2. The molecule has 2 aliphatic heterocycles. The van der Waals surface area contributed by atoms with E-state index in [4.69, 9.17) is 32.7 Å². The van der Waals surface area contributed by atoms with Crippen molar-refractivity contribution in [2.75, 3.05) is 33.4 Å². The van der Waals surface area contributed by atoms with Gasteiger partial charge in [-0.2, -0.15) is 0 Å². The molecule has 3 aliphatic rings. The van der Waals surface area contributed by atoms with E-state index in [1.54, 1.807) is 6.07 Å². The summed E-state index contributed by atoms with van der Waals surface area (Å²) in [6.07, 6.45) is 2.22. The first kappa shape index (κ1) is 29.1. The maximum atomic E-state index is 15.3. The van der Waals surface area contributed by atoms with Crippen molar-refractivity contribution < 1.29 is 27.8 Å². The van der Waals surface area contributed by atoms with Crippen molar-refractivity contribution in [3.63, 3.8) is 0 Å². The highest BCUT2D eigenvalue weighted by Crippen LogP contribution is 2.45. The first-order valence-electron chi connectivity index (χ1n) is 13.8. The number of hydrogen-bond donors (Lipinski definition) is 0. The van der Waals surface area contributed by atoms with Gasteiger partial charge in [-0.3, -0.25) is 9.69 Å². The van der Waals surface area contributed by atoms with Gasteiger partial charge in [-0.25, -0.2) is 13.6 Å². The molecule has 2 saturated heterocycles. The van der Waals surface area contributed by atoms with Gasteiger partial charge < -0.3 is 14.4 Å². The summed E-state index contributed by atoms with van der Waals surface area (Å²) in [5.41, 5.74) is 1.71. The number of esters is 1. The number of benzene rings is 2. The van der Waals surface area contributed by atoms with Crippen LogP contribution in [0.4, 0.5) is 8.78 Å². The molecule has 0 aromatic heterocycles. The van der Waals surface area contributed by atoms with Crippen molar-refractivity contribution in [3.05, 3.63) is 62.9 Å². The number of alkyl halides is 1. The number of methoxy groups -OCH3 is 1. The van der Waals surface area contributed by atoms with Crippen LogP contribution in [0, 0.1) is 11.7 Å². The number of ether oxygens (including phenoxy) is 2. The Hall–Kier alpha value is -2.42. The summed E-state index contributed by atoms with van der Waals surface area (Å²) in [4.78, 5) is 28.8. The molecule has 1 amide bonds. The third-order valence-electron chi connectivity index (χ3n) is 8.37. The van der Waals surface area contributed by atoms with E-state index in [0.29, 0.717) is 28.3 Å². The Balaban J connectivity index is 1.23. The van der Waals surface area contributed by atoms with E-state index in [0.717, 1.165) is 54.8 Å². The molecule has 1 saturated carbocycles. The van der Waals surface area contributed by atoms with Gasteiger partial charge in [-0.15, -0.1) is 0 Å². The molecule has 1 aliphatic carbocycles. The molecule has 216 valence electrons. The quantitative estimate of drug-likeness (QED) is 0.323. The summed E-state index contributed by atoms with van der Waals surface area (Å²) in [7, 11) is 1.19. The zero-order chi connectivity index (χ0) is 28.6. The van der Waals surface area contributed by atoms with Gasteiger partial charge in [0, 0.05) is 28.6 Å². The van der Waals surface area contributed by atoms with Crippen LogP contribution in [0.1, 0.15) is 72.5 Å². The Morgan fingerprint density at radius 1 is 1.05 bits per heavy atom. The Morgan fingerprint density at radius 3 is 2.35 bits per heavy atom. The van der Waals surface area contributed by atoms with E-state index in [1.165, 1.54) is 19.2 Å². The minimum absolute atomic E-state index is 0.152. The molecule has 2 aromatic rings. The fraction of sp³-hybridized carbons (Fsp3) is 0.533. The molecule has 3 fully saturated rings. The van der Waals surface area contributed by atoms with Gasteiger partial charge in [0.05, 0.1) is 25.8 Å². The van der Waals surface area contributed by atoms with Crippen LogP contribution in [0.5, 0.6) is 5.75 Å². The minimum atomic E-state index is -1.36. The molecule has 0 radical (unpaired) electrons. The van der Waals surface area contributed by atoms with Gasteiger partial charge in [0.25, 0.3) is 5.91 Å². The van der Waals surface area contributed by atoms with Crippen LogP contribution in [0.15, 0.2) is 30.3 Å². The van der Waals surface area contributed by atoms with Crippen molar-refractivity contribution in [2.45, 2.75) is 63.2 Å². The van der Waals surface area contributed by atoms with E-state index in [-0.39, 0.29) is 30.5 Å². The monoisotopic (exact) mass is 594 g/mol. The second-order valence-electron chi connectivity index (χ2n) is 11.1. The molecule has 0 spiro atoms. The van der Waals surface area contributed by atoms with Gasteiger partial charge in [-0.05, 0) is 92.9 Å². The summed E-state index contributed by atoms with van der Waals surface area (Å²) in [5.74, 6) is -1.18. The third-order valence-corrected chi connectivity index (χ3v) is 8.81. The van der Waals surface area contributed by atoms with Gasteiger partial charge in [-0.1, -0.05) is 23.2 Å². The number of hydrogen-bond acceptors (Lipinski definition) is 5. The molecule has 2 heterocycles. The van der Waals surface area contributed by atoms with Crippen LogP contribution >= 0.6 is 23.2 Å². The molecule has 2 aromatic carbocycles. The van der Waals surface area contributed by atoms with E-state index in [2.05, 4.69) is 11.8 Å². The van der Waals surface area contributed by atoms with E-state index < -0.39 is 29.9 Å². The standard InChI is InChI=1S/C30H34Cl2F2N2O4/c1-17(20-9-21(31)11-22(32)10-20)35-7-5-18(6-8-35)16-40-28-14-26(34)25(13-24(28)19-3-4-19)29(37)36-15-23(33)12-27(36)30(38)39-2/h9-11,13-14,17-19,23,27H,3-8,12,15-16H2,1-2H3/t17?,23-,27+/m1/s1. The highest BCUT2D eigenvalue weighted by atomic mass is 35.5. The number of rotatable bonds is 8. The second-order valence-corrected chi connectivity index (χ2v) is 12.0. The molecule has 40 heavy (non-hydrogen) atoms. The lowest BCUT2D eigenvalue weighted by molar-refractivity contribution is -0.145. The average molecular weight is 596 g/mol. The number of carbonyl (C=O) groups is 2. The number of halogens is 4. The Morgan fingerprint density at radius 2 is 1.73 bits per heavy atom. The van der Waals surface area contributed by atoms with Crippen molar-refractivity contribution in [1.82, 2.24) is 9.80 Å². The van der Waals surface area contributed by atoms with Gasteiger partial charge in [0.2, 0.25) is 0 Å². The maximum Gasteiger partial charge on any atom is 0.328 e. The van der Waals surface area contributed by atoms with Gasteiger partial charge >= 0.3 is 5.97 Å². The largest absolute Gasteiger partial charge is 0.493 e. The molecule has 10 heteroatoms. The van der Waals surface area contributed by atoms with Gasteiger partial charge in [0.15, 0.2) is 0 Å². The molecule has 1 unspecified atom stereocenters. The molecule has 6 nitrogen and oxygen atoms in total. The molecular formula is C30H34Cl2F2N2O4. The number of amides is 1. The van der Waals surface area contributed by atoms with Crippen LogP contribution in [0.25, 0.3) is 0 Å². The van der Waals surface area contributed by atoms with E-state index in [1.807, 2.05) is 12.1 Å². The molecule has 0 bridgehead atoms. The van der Waals surface area contributed by atoms with Crippen molar-refractivity contribution in [1.29, 1.82) is 0 Å². The molecule has 3 atom stereocenters. The SMILES string of the molecule is COC(=O)[C@@H]1C[C@@H](F)CN1C(=O)c1cc(C2CC2)c(OCC2CCN(C(C)c3cc(Cl)cc(Cl)c3)CC2)cc1F. The highest BCUT2D eigenvalue weighted by molar-refractivity contribution is 6.34. The summed E-state index contributed by atoms with van der Waals surface area (Å²) >= 11 is 12.4. The highest BCUT2D eigenvalue weighted by Gasteiger charge is 2.42. The lowest BCUT2D eigenvalue weighted by atomic mass is 9.95. The summed E-state index contributed by atoms with van der Waals surface area (Å²) in [6, 6.07) is 7.56. The Kier molecular flexibility index (Phi) is 8.88. The van der Waals surface area contributed by atoms with E-state index in [9.17, 15) is 14.0 Å². The van der Waals surface area contributed by atoms with Gasteiger partial charge in [0.1, 0.15) is 23.8 Å². The lowest BCUT2D eigenvalue weighted by Crippen LogP contribution is -2.41. The van der Waals surface area contributed by atoms with E-state index >= 15 is 4.39 Å². The lowest BCUT2D eigenvalue weighted by Gasteiger charge is -2.36.